The molecule has 1 saturated heterocycles. The number of fused-ring (bicyclic) bond motifs is 1. The SMILES string of the molecule is CCc1cnc(CCNC(=O)N2CC(=O)NC3CCCCC32)s1. The summed E-state index contributed by atoms with van der Waals surface area (Å²) < 4.78 is 0. The molecule has 1 aliphatic heterocycles. The summed E-state index contributed by atoms with van der Waals surface area (Å²) >= 11 is 1.70. The van der Waals surface area contributed by atoms with E-state index in [2.05, 4.69) is 22.5 Å². The fraction of sp³-hybridized carbons (Fsp3) is 0.688. The maximum absolute atomic E-state index is 12.5. The van der Waals surface area contributed by atoms with Gasteiger partial charge in [-0.1, -0.05) is 19.8 Å². The number of aryl methyl sites for hydroxylation is 1. The van der Waals surface area contributed by atoms with E-state index in [0.717, 1.165) is 43.5 Å². The number of thiazole rings is 1. The van der Waals surface area contributed by atoms with Crippen molar-refractivity contribution in [3.63, 3.8) is 0 Å². The molecule has 3 amide bonds. The van der Waals surface area contributed by atoms with Crippen LogP contribution >= 0.6 is 11.3 Å². The third-order valence-electron chi connectivity index (χ3n) is 4.62. The third kappa shape index (κ3) is 3.83. The van der Waals surface area contributed by atoms with Crippen molar-refractivity contribution in [2.24, 2.45) is 0 Å². The number of piperazine rings is 1. The first-order valence-electron chi connectivity index (χ1n) is 8.44. The number of aromatic nitrogens is 1. The molecule has 2 N–H and O–H groups in total. The second kappa shape index (κ2) is 7.29. The molecule has 2 aliphatic rings. The molecule has 0 bridgehead atoms. The van der Waals surface area contributed by atoms with Crippen LogP contribution in [-0.2, 0) is 17.6 Å². The van der Waals surface area contributed by atoms with E-state index in [1.165, 1.54) is 4.88 Å². The van der Waals surface area contributed by atoms with Crippen molar-refractivity contribution >= 4 is 23.3 Å². The Kier molecular flexibility index (Phi) is 5.15. The average molecular weight is 336 g/mol. The number of hydrogen-bond acceptors (Lipinski definition) is 4. The summed E-state index contributed by atoms with van der Waals surface area (Å²) in [5, 5.41) is 7.03. The maximum Gasteiger partial charge on any atom is 0.318 e. The standard InChI is InChI=1S/C16H24N4O2S/c1-2-11-9-18-15(23-11)7-8-17-16(22)20-10-14(21)19-12-5-3-4-6-13(12)20/h9,12-13H,2-8,10H2,1H3,(H,17,22)(H,19,21). The molecule has 0 radical (unpaired) electrons. The van der Waals surface area contributed by atoms with Crippen molar-refractivity contribution in [2.45, 2.75) is 57.5 Å². The van der Waals surface area contributed by atoms with Crippen LogP contribution in [0.3, 0.4) is 0 Å². The number of carbonyl (C=O) groups excluding carboxylic acids is 2. The first kappa shape index (κ1) is 16.2. The first-order valence-corrected chi connectivity index (χ1v) is 9.26. The molecule has 2 atom stereocenters. The van der Waals surface area contributed by atoms with Gasteiger partial charge in [-0.25, -0.2) is 9.78 Å². The van der Waals surface area contributed by atoms with Gasteiger partial charge >= 0.3 is 6.03 Å². The minimum Gasteiger partial charge on any atom is -0.350 e. The zero-order valence-electron chi connectivity index (χ0n) is 13.5. The Hall–Kier alpha value is -1.63. The van der Waals surface area contributed by atoms with Crippen LogP contribution < -0.4 is 10.6 Å². The van der Waals surface area contributed by atoms with Crippen LogP contribution in [-0.4, -0.2) is 47.0 Å². The number of carbonyl (C=O) groups is 2. The van der Waals surface area contributed by atoms with Crippen LogP contribution in [0.1, 0.15) is 42.5 Å². The molecule has 6 nitrogen and oxygen atoms in total. The van der Waals surface area contributed by atoms with E-state index in [0.29, 0.717) is 6.54 Å². The summed E-state index contributed by atoms with van der Waals surface area (Å²) in [6.45, 7) is 2.84. The van der Waals surface area contributed by atoms with E-state index in [-0.39, 0.29) is 30.6 Å². The van der Waals surface area contributed by atoms with Gasteiger partial charge in [0.2, 0.25) is 5.91 Å². The molecule has 7 heteroatoms. The molecular weight excluding hydrogens is 312 g/mol. The molecule has 2 fully saturated rings. The number of hydrogen-bond donors (Lipinski definition) is 2. The second-order valence-electron chi connectivity index (χ2n) is 6.21. The highest BCUT2D eigenvalue weighted by Gasteiger charge is 2.38. The largest absolute Gasteiger partial charge is 0.350 e. The molecule has 3 rings (SSSR count). The van der Waals surface area contributed by atoms with Gasteiger partial charge in [-0.3, -0.25) is 4.79 Å². The lowest BCUT2D eigenvalue weighted by Crippen LogP contribution is -2.64. The molecular formula is C16H24N4O2S. The Bertz CT molecular complexity index is 574. The van der Waals surface area contributed by atoms with E-state index in [1.807, 2.05) is 6.20 Å². The molecule has 1 aliphatic carbocycles. The van der Waals surface area contributed by atoms with Crippen LogP contribution in [0.25, 0.3) is 0 Å². The lowest BCUT2D eigenvalue weighted by molar-refractivity contribution is -0.126. The molecule has 1 aromatic heterocycles. The number of urea groups is 1. The summed E-state index contributed by atoms with van der Waals surface area (Å²) in [7, 11) is 0. The van der Waals surface area contributed by atoms with Crippen LogP contribution in [0, 0.1) is 0 Å². The highest BCUT2D eigenvalue weighted by Crippen LogP contribution is 2.25. The minimum absolute atomic E-state index is 0.0455. The molecule has 126 valence electrons. The summed E-state index contributed by atoms with van der Waals surface area (Å²) in [4.78, 5) is 31.6. The number of amides is 3. The van der Waals surface area contributed by atoms with Gasteiger partial charge in [0.1, 0.15) is 6.54 Å². The van der Waals surface area contributed by atoms with Crippen LogP contribution in [0.2, 0.25) is 0 Å². The Morgan fingerprint density at radius 3 is 3.09 bits per heavy atom. The van der Waals surface area contributed by atoms with Gasteiger partial charge in [-0.2, -0.15) is 0 Å². The van der Waals surface area contributed by atoms with Gasteiger partial charge in [0, 0.05) is 30.1 Å². The average Bonchev–Trinajstić information content (AvgIpc) is 3.02. The van der Waals surface area contributed by atoms with E-state index in [1.54, 1.807) is 16.2 Å². The summed E-state index contributed by atoms with van der Waals surface area (Å²) in [5.74, 6) is -0.0455. The summed E-state index contributed by atoms with van der Waals surface area (Å²) in [6.07, 6.45) is 7.84. The molecule has 1 saturated carbocycles. The molecule has 0 aromatic carbocycles. The van der Waals surface area contributed by atoms with Crippen molar-refractivity contribution in [3.05, 3.63) is 16.1 Å². The number of nitrogens with zero attached hydrogens (tertiary/aromatic N) is 2. The van der Waals surface area contributed by atoms with E-state index < -0.39 is 0 Å². The Morgan fingerprint density at radius 1 is 1.48 bits per heavy atom. The Labute approximate surface area is 140 Å². The monoisotopic (exact) mass is 336 g/mol. The molecule has 0 spiro atoms. The fourth-order valence-corrected chi connectivity index (χ4v) is 4.27. The highest BCUT2D eigenvalue weighted by molar-refractivity contribution is 7.11. The quantitative estimate of drug-likeness (QED) is 0.879. The van der Waals surface area contributed by atoms with Crippen LogP contribution in [0.15, 0.2) is 6.20 Å². The predicted octanol–water partition coefficient (Wildman–Crippen LogP) is 1.70. The van der Waals surface area contributed by atoms with E-state index >= 15 is 0 Å². The molecule has 23 heavy (non-hydrogen) atoms. The van der Waals surface area contributed by atoms with Gasteiger partial charge < -0.3 is 15.5 Å². The Balaban J connectivity index is 1.53. The first-order chi connectivity index (χ1) is 11.2. The minimum atomic E-state index is -0.121. The van der Waals surface area contributed by atoms with Gasteiger partial charge in [-0.05, 0) is 19.3 Å². The number of rotatable bonds is 4. The topological polar surface area (TPSA) is 74.3 Å². The summed E-state index contributed by atoms with van der Waals surface area (Å²) in [5.41, 5.74) is 0. The highest BCUT2D eigenvalue weighted by atomic mass is 32.1. The van der Waals surface area contributed by atoms with Crippen LogP contribution in [0.4, 0.5) is 4.79 Å². The van der Waals surface area contributed by atoms with Crippen molar-refractivity contribution in [1.82, 2.24) is 20.5 Å². The molecule has 2 unspecified atom stereocenters. The van der Waals surface area contributed by atoms with Gasteiger partial charge in [-0.15, -0.1) is 11.3 Å². The zero-order valence-corrected chi connectivity index (χ0v) is 14.3. The molecule has 1 aromatic rings. The van der Waals surface area contributed by atoms with E-state index in [9.17, 15) is 9.59 Å². The van der Waals surface area contributed by atoms with Gasteiger partial charge in [0.25, 0.3) is 0 Å². The second-order valence-corrected chi connectivity index (χ2v) is 7.41. The fourth-order valence-electron chi connectivity index (χ4n) is 3.40. The maximum atomic E-state index is 12.5. The normalized spacial score (nSPS) is 24.0. The van der Waals surface area contributed by atoms with Gasteiger partial charge in [0.05, 0.1) is 11.0 Å². The predicted molar refractivity (Wildman–Crippen MR) is 89.5 cm³/mol. The van der Waals surface area contributed by atoms with Gasteiger partial charge in [0.15, 0.2) is 0 Å². The summed E-state index contributed by atoms with van der Waals surface area (Å²) in [6, 6.07) is 0.152. The van der Waals surface area contributed by atoms with Crippen LogP contribution in [0.5, 0.6) is 0 Å². The lowest BCUT2D eigenvalue weighted by Gasteiger charge is -2.43. The Morgan fingerprint density at radius 2 is 2.30 bits per heavy atom. The zero-order chi connectivity index (χ0) is 16.2. The smallest absolute Gasteiger partial charge is 0.318 e. The van der Waals surface area contributed by atoms with Crippen molar-refractivity contribution < 1.29 is 9.59 Å². The third-order valence-corrected chi connectivity index (χ3v) is 5.82. The van der Waals surface area contributed by atoms with Crippen molar-refractivity contribution in [3.8, 4) is 0 Å². The molecule has 2 heterocycles. The van der Waals surface area contributed by atoms with Crippen molar-refractivity contribution in [1.29, 1.82) is 0 Å². The lowest BCUT2D eigenvalue weighted by atomic mass is 9.87. The van der Waals surface area contributed by atoms with Crippen molar-refractivity contribution in [2.75, 3.05) is 13.1 Å². The van der Waals surface area contributed by atoms with E-state index in [4.69, 9.17) is 0 Å². The number of nitrogens with one attached hydrogen (secondary N) is 2.